The number of carbonyl (C=O) groups is 1. The molecule has 0 saturated heterocycles. The molecule has 0 bridgehead atoms. The number of benzene rings is 1. The lowest BCUT2D eigenvalue weighted by Crippen LogP contribution is -2.25. The van der Waals surface area contributed by atoms with Crippen LogP contribution in [0.25, 0.3) is 10.9 Å². The first-order valence-electron chi connectivity index (χ1n) is 6.81. The lowest BCUT2D eigenvalue weighted by Gasteiger charge is -2.07. The minimum absolute atomic E-state index is 0.156. The van der Waals surface area contributed by atoms with Crippen LogP contribution < -0.4 is 5.32 Å². The van der Waals surface area contributed by atoms with Crippen molar-refractivity contribution in [1.82, 2.24) is 15.5 Å². The number of nitrogens with zero attached hydrogens (tertiary/aromatic N) is 1. The SMILES string of the molecule is O=C(NCCc1c[nH]c2ccc(C(F)(F)F)cc12)c1ccon1. The van der Waals surface area contributed by atoms with Crippen LogP contribution in [0.2, 0.25) is 0 Å². The molecular formula is C15H12F3N3O2. The number of halogens is 3. The van der Waals surface area contributed by atoms with E-state index in [0.717, 1.165) is 12.1 Å². The van der Waals surface area contributed by atoms with Crippen LogP contribution in [-0.4, -0.2) is 22.6 Å². The number of rotatable bonds is 4. The lowest BCUT2D eigenvalue weighted by molar-refractivity contribution is -0.137. The molecule has 0 fully saturated rings. The summed E-state index contributed by atoms with van der Waals surface area (Å²) in [4.78, 5) is 14.6. The summed E-state index contributed by atoms with van der Waals surface area (Å²) in [6.45, 7) is 0.273. The van der Waals surface area contributed by atoms with E-state index >= 15 is 0 Å². The van der Waals surface area contributed by atoms with Crippen LogP contribution in [0.1, 0.15) is 21.6 Å². The Morgan fingerprint density at radius 2 is 2.13 bits per heavy atom. The van der Waals surface area contributed by atoms with Crippen molar-refractivity contribution < 1.29 is 22.5 Å². The van der Waals surface area contributed by atoms with Gasteiger partial charge in [0.05, 0.1) is 5.56 Å². The summed E-state index contributed by atoms with van der Waals surface area (Å²) < 4.78 is 42.9. The maximum Gasteiger partial charge on any atom is 0.416 e. The molecule has 0 aliphatic carbocycles. The number of H-pyrrole nitrogens is 1. The minimum atomic E-state index is -4.39. The van der Waals surface area contributed by atoms with Gasteiger partial charge in [0.15, 0.2) is 5.69 Å². The van der Waals surface area contributed by atoms with Crippen LogP contribution >= 0.6 is 0 Å². The molecule has 120 valence electrons. The van der Waals surface area contributed by atoms with Crippen molar-refractivity contribution >= 4 is 16.8 Å². The van der Waals surface area contributed by atoms with Gasteiger partial charge in [-0.15, -0.1) is 0 Å². The van der Waals surface area contributed by atoms with Crippen molar-refractivity contribution in [3.8, 4) is 0 Å². The van der Waals surface area contributed by atoms with Crippen LogP contribution in [0.4, 0.5) is 13.2 Å². The second-order valence-electron chi connectivity index (χ2n) is 4.96. The smallest absolute Gasteiger partial charge is 0.364 e. The van der Waals surface area contributed by atoms with Crippen LogP contribution in [0.3, 0.4) is 0 Å². The molecular weight excluding hydrogens is 311 g/mol. The molecule has 23 heavy (non-hydrogen) atoms. The highest BCUT2D eigenvalue weighted by Crippen LogP contribution is 2.32. The highest BCUT2D eigenvalue weighted by Gasteiger charge is 2.30. The Bertz CT molecular complexity index is 822. The zero-order valence-electron chi connectivity index (χ0n) is 11.8. The largest absolute Gasteiger partial charge is 0.416 e. The summed E-state index contributed by atoms with van der Waals surface area (Å²) >= 11 is 0. The Morgan fingerprint density at radius 3 is 2.83 bits per heavy atom. The van der Waals surface area contributed by atoms with Crippen LogP contribution in [0.5, 0.6) is 0 Å². The van der Waals surface area contributed by atoms with Crippen LogP contribution in [0, 0.1) is 0 Å². The molecule has 2 N–H and O–H groups in total. The first-order chi connectivity index (χ1) is 10.9. The fraction of sp³-hybridized carbons (Fsp3) is 0.200. The Kier molecular flexibility index (Phi) is 3.81. The Balaban J connectivity index is 1.71. The van der Waals surface area contributed by atoms with Gasteiger partial charge in [-0.2, -0.15) is 13.2 Å². The molecule has 5 nitrogen and oxygen atoms in total. The molecule has 0 aliphatic heterocycles. The molecule has 2 aromatic heterocycles. The summed E-state index contributed by atoms with van der Waals surface area (Å²) in [6.07, 6.45) is -1.06. The van der Waals surface area contributed by atoms with E-state index in [2.05, 4.69) is 20.0 Å². The number of carbonyl (C=O) groups excluding carboxylic acids is 1. The number of fused-ring (bicyclic) bond motifs is 1. The van der Waals surface area contributed by atoms with E-state index in [0.29, 0.717) is 22.9 Å². The predicted octanol–water partition coefficient (Wildman–Crippen LogP) is 3.15. The summed E-state index contributed by atoms with van der Waals surface area (Å²) in [5.41, 5.74) is 0.781. The third-order valence-electron chi connectivity index (χ3n) is 3.45. The number of hydrogen-bond acceptors (Lipinski definition) is 3. The average Bonchev–Trinajstić information content (AvgIpc) is 3.15. The molecule has 2 heterocycles. The standard InChI is InChI=1S/C15H12F3N3O2/c16-15(17,18)10-1-2-12-11(7-10)9(8-20-12)3-5-19-14(22)13-4-6-23-21-13/h1-2,4,6-8,20H,3,5H2,(H,19,22). The van der Waals surface area contributed by atoms with Crippen molar-refractivity contribution in [1.29, 1.82) is 0 Å². The molecule has 3 aromatic rings. The Morgan fingerprint density at radius 1 is 1.30 bits per heavy atom. The highest BCUT2D eigenvalue weighted by molar-refractivity contribution is 5.92. The van der Waals surface area contributed by atoms with Crippen LogP contribution in [-0.2, 0) is 12.6 Å². The van der Waals surface area contributed by atoms with Gasteiger partial charge >= 0.3 is 6.18 Å². The van der Waals surface area contributed by atoms with Gasteiger partial charge in [0.2, 0.25) is 0 Å². The van der Waals surface area contributed by atoms with E-state index in [4.69, 9.17) is 0 Å². The molecule has 0 aliphatic rings. The summed E-state index contributed by atoms with van der Waals surface area (Å²) in [5, 5.41) is 6.63. The van der Waals surface area contributed by atoms with E-state index in [9.17, 15) is 18.0 Å². The molecule has 8 heteroatoms. The van der Waals surface area contributed by atoms with Gasteiger partial charge in [0, 0.05) is 29.7 Å². The van der Waals surface area contributed by atoms with Gasteiger partial charge in [-0.1, -0.05) is 5.16 Å². The zero-order valence-corrected chi connectivity index (χ0v) is 11.8. The maximum absolute atomic E-state index is 12.8. The fourth-order valence-electron chi connectivity index (χ4n) is 2.29. The van der Waals surface area contributed by atoms with E-state index in [-0.39, 0.29) is 12.2 Å². The predicted molar refractivity (Wildman–Crippen MR) is 75.8 cm³/mol. The van der Waals surface area contributed by atoms with Gasteiger partial charge in [0.1, 0.15) is 6.26 Å². The van der Waals surface area contributed by atoms with Crippen LogP contribution in [0.15, 0.2) is 41.2 Å². The summed E-state index contributed by atoms with van der Waals surface area (Å²) in [7, 11) is 0. The van der Waals surface area contributed by atoms with Gasteiger partial charge < -0.3 is 14.8 Å². The quantitative estimate of drug-likeness (QED) is 0.775. The molecule has 0 radical (unpaired) electrons. The van der Waals surface area contributed by atoms with E-state index in [1.54, 1.807) is 6.20 Å². The normalized spacial score (nSPS) is 11.8. The molecule has 1 amide bonds. The van der Waals surface area contributed by atoms with Crippen molar-refractivity contribution in [2.24, 2.45) is 0 Å². The summed E-state index contributed by atoms with van der Waals surface area (Å²) in [6, 6.07) is 4.97. The van der Waals surface area contributed by atoms with Gasteiger partial charge in [-0.3, -0.25) is 4.79 Å². The second-order valence-corrected chi connectivity index (χ2v) is 4.96. The van der Waals surface area contributed by atoms with E-state index < -0.39 is 17.6 Å². The Labute approximate surface area is 128 Å². The Hall–Kier alpha value is -2.77. The van der Waals surface area contributed by atoms with Crippen molar-refractivity contribution in [3.63, 3.8) is 0 Å². The fourth-order valence-corrected chi connectivity index (χ4v) is 2.29. The zero-order chi connectivity index (χ0) is 16.4. The van der Waals surface area contributed by atoms with Gasteiger partial charge in [-0.05, 0) is 30.2 Å². The molecule has 0 saturated carbocycles. The first-order valence-corrected chi connectivity index (χ1v) is 6.81. The topological polar surface area (TPSA) is 70.9 Å². The third-order valence-corrected chi connectivity index (χ3v) is 3.45. The average molecular weight is 323 g/mol. The number of aromatic nitrogens is 2. The monoisotopic (exact) mass is 323 g/mol. The molecule has 0 unspecified atom stereocenters. The molecule has 1 aromatic carbocycles. The van der Waals surface area contributed by atoms with Crippen molar-refractivity contribution in [3.05, 3.63) is 53.5 Å². The minimum Gasteiger partial charge on any atom is -0.364 e. The number of alkyl halides is 3. The van der Waals surface area contributed by atoms with E-state index in [1.807, 2.05) is 0 Å². The molecule has 0 atom stereocenters. The van der Waals surface area contributed by atoms with Crippen molar-refractivity contribution in [2.75, 3.05) is 6.54 Å². The first kappa shape index (κ1) is 15.1. The molecule has 0 spiro atoms. The van der Waals surface area contributed by atoms with E-state index in [1.165, 1.54) is 18.4 Å². The maximum atomic E-state index is 12.8. The number of nitrogens with one attached hydrogen (secondary N) is 2. The van der Waals surface area contributed by atoms with Gasteiger partial charge in [0.25, 0.3) is 5.91 Å². The lowest BCUT2D eigenvalue weighted by atomic mass is 10.1. The number of amides is 1. The number of hydrogen-bond donors (Lipinski definition) is 2. The molecule has 3 rings (SSSR count). The third kappa shape index (κ3) is 3.20. The number of aromatic amines is 1. The highest BCUT2D eigenvalue weighted by atomic mass is 19.4. The van der Waals surface area contributed by atoms with Crippen molar-refractivity contribution in [2.45, 2.75) is 12.6 Å². The second kappa shape index (κ2) is 5.79. The van der Waals surface area contributed by atoms with Gasteiger partial charge in [-0.25, -0.2) is 0 Å². The summed E-state index contributed by atoms with van der Waals surface area (Å²) in [5.74, 6) is -0.394.